The second-order valence-electron chi connectivity index (χ2n) is 5.18. The maximum atomic E-state index is 12.8. The number of thiophene rings is 1. The summed E-state index contributed by atoms with van der Waals surface area (Å²) in [6.07, 6.45) is 0.690. The van der Waals surface area contributed by atoms with Crippen LogP contribution in [-0.2, 0) is 6.42 Å². The predicted molar refractivity (Wildman–Crippen MR) is 89.0 cm³/mol. The number of halogens is 1. The normalized spacial score (nSPS) is 10.8. The van der Waals surface area contributed by atoms with Gasteiger partial charge >= 0.3 is 0 Å². The highest BCUT2D eigenvalue weighted by atomic mass is 32.1. The van der Waals surface area contributed by atoms with Crippen LogP contribution in [-0.4, -0.2) is 12.5 Å². The number of amides is 1. The van der Waals surface area contributed by atoms with Gasteiger partial charge in [0.2, 0.25) is 0 Å². The Kier molecular flexibility index (Phi) is 4.20. The first-order valence-corrected chi connectivity index (χ1v) is 7.97. The van der Waals surface area contributed by atoms with E-state index in [0.717, 1.165) is 26.1 Å². The Morgan fingerprint density at radius 2 is 1.86 bits per heavy atom. The van der Waals surface area contributed by atoms with Crippen LogP contribution in [0.3, 0.4) is 0 Å². The zero-order valence-corrected chi connectivity index (χ0v) is 13.0. The first-order chi connectivity index (χ1) is 10.6. The number of fused-ring (bicyclic) bond motifs is 1. The van der Waals surface area contributed by atoms with Crippen LogP contribution < -0.4 is 5.32 Å². The molecule has 1 aromatic heterocycles. The lowest BCUT2D eigenvalue weighted by Gasteiger charge is -2.05. The van der Waals surface area contributed by atoms with Crippen molar-refractivity contribution in [3.8, 4) is 0 Å². The minimum absolute atomic E-state index is 0.0409. The van der Waals surface area contributed by atoms with Gasteiger partial charge in [-0.15, -0.1) is 11.3 Å². The fourth-order valence-corrected chi connectivity index (χ4v) is 3.57. The van der Waals surface area contributed by atoms with E-state index in [1.807, 2.05) is 31.2 Å². The van der Waals surface area contributed by atoms with Crippen LogP contribution in [0, 0.1) is 12.7 Å². The maximum absolute atomic E-state index is 12.8. The average molecular weight is 313 g/mol. The fraction of sp³-hybridized carbons (Fsp3) is 0.167. The summed E-state index contributed by atoms with van der Waals surface area (Å²) in [4.78, 5) is 13.1. The molecule has 0 fully saturated rings. The topological polar surface area (TPSA) is 29.1 Å². The Hall–Kier alpha value is -2.20. The van der Waals surface area contributed by atoms with Crippen molar-refractivity contribution in [2.24, 2.45) is 0 Å². The van der Waals surface area contributed by atoms with Crippen molar-refractivity contribution in [2.75, 3.05) is 6.54 Å². The molecular formula is C18H16FNOS. The van der Waals surface area contributed by atoms with Crippen LogP contribution in [0.15, 0.2) is 48.5 Å². The van der Waals surface area contributed by atoms with Crippen LogP contribution in [0.2, 0.25) is 0 Å². The van der Waals surface area contributed by atoms with E-state index in [1.165, 1.54) is 23.5 Å². The lowest BCUT2D eigenvalue weighted by Crippen LogP contribution is -2.25. The standard InChI is InChI=1S/C18H16FNOS/c1-12-15-4-2-3-5-16(15)22-17(12)18(21)20-11-10-13-6-8-14(19)9-7-13/h2-9H,10-11H2,1H3,(H,20,21). The van der Waals surface area contributed by atoms with Gasteiger partial charge in [0.05, 0.1) is 4.88 Å². The van der Waals surface area contributed by atoms with E-state index in [4.69, 9.17) is 0 Å². The molecule has 1 N–H and O–H groups in total. The molecule has 0 radical (unpaired) electrons. The molecule has 0 aliphatic carbocycles. The van der Waals surface area contributed by atoms with Crippen molar-refractivity contribution < 1.29 is 9.18 Å². The molecule has 4 heteroatoms. The van der Waals surface area contributed by atoms with E-state index in [0.29, 0.717) is 13.0 Å². The number of rotatable bonds is 4. The van der Waals surface area contributed by atoms with Crippen LogP contribution in [0.4, 0.5) is 4.39 Å². The molecule has 0 saturated heterocycles. The van der Waals surface area contributed by atoms with E-state index >= 15 is 0 Å². The molecule has 0 saturated carbocycles. The molecule has 0 spiro atoms. The van der Waals surface area contributed by atoms with Gasteiger partial charge < -0.3 is 5.32 Å². The predicted octanol–water partition coefficient (Wildman–Crippen LogP) is 4.32. The van der Waals surface area contributed by atoms with Crippen molar-refractivity contribution in [1.29, 1.82) is 0 Å². The summed E-state index contributed by atoms with van der Waals surface area (Å²) in [6, 6.07) is 14.4. The number of nitrogens with one attached hydrogen (secondary N) is 1. The summed E-state index contributed by atoms with van der Waals surface area (Å²) in [5.74, 6) is -0.283. The zero-order chi connectivity index (χ0) is 15.5. The Balaban J connectivity index is 1.66. The van der Waals surface area contributed by atoms with Crippen LogP contribution in [0.25, 0.3) is 10.1 Å². The SMILES string of the molecule is Cc1c(C(=O)NCCc2ccc(F)cc2)sc2ccccc12. The van der Waals surface area contributed by atoms with E-state index in [2.05, 4.69) is 5.32 Å². The molecular weight excluding hydrogens is 297 g/mol. The molecule has 112 valence electrons. The van der Waals surface area contributed by atoms with E-state index in [9.17, 15) is 9.18 Å². The van der Waals surface area contributed by atoms with Gasteiger partial charge in [0.25, 0.3) is 5.91 Å². The molecule has 3 aromatic rings. The second kappa shape index (κ2) is 6.28. The summed E-state index contributed by atoms with van der Waals surface area (Å²) >= 11 is 1.52. The third-order valence-corrected chi connectivity index (χ3v) is 4.93. The lowest BCUT2D eigenvalue weighted by molar-refractivity contribution is 0.0957. The highest BCUT2D eigenvalue weighted by Crippen LogP contribution is 2.30. The first-order valence-electron chi connectivity index (χ1n) is 7.16. The molecule has 22 heavy (non-hydrogen) atoms. The molecule has 1 amide bonds. The Bertz CT molecular complexity index is 808. The quantitative estimate of drug-likeness (QED) is 0.763. The van der Waals surface area contributed by atoms with Gasteiger partial charge in [0.1, 0.15) is 5.82 Å². The molecule has 2 aromatic carbocycles. The molecule has 0 aliphatic rings. The molecule has 1 heterocycles. The van der Waals surface area contributed by atoms with Crippen molar-refractivity contribution in [3.05, 3.63) is 70.4 Å². The monoisotopic (exact) mass is 313 g/mol. The summed E-state index contributed by atoms with van der Waals surface area (Å²) in [5, 5.41) is 4.08. The van der Waals surface area contributed by atoms with Crippen molar-refractivity contribution in [1.82, 2.24) is 5.32 Å². The largest absolute Gasteiger partial charge is 0.351 e. The van der Waals surface area contributed by atoms with Gasteiger partial charge in [-0.3, -0.25) is 4.79 Å². The number of carbonyl (C=O) groups excluding carboxylic acids is 1. The summed E-state index contributed by atoms with van der Waals surface area (Å²) in [5.41, 5.74) is 2.04. The van der Waals surface area contributed by atoms with E-state index in [-0.39, 0.29) is 11.7 Å². The van der Waals surface area contributed by atoms with Gasteiger partial charge in [-0.25, -0.2) is 4.39 Å². The van der Waals surface area contributed by atoms with Crippen LogP contribution in [0.1, 0.15) is 20.8 Å². The minimum atomic E-state index is -0.242. The Labute approximate surface area is 132 Å². The maximum Gasteiger partial charge on any atom is 0.261 e. The molecule has 0 bridgehead atoms. The lowest BCUT2D eigenvalue weighted by atomic mass is 10.1. The van der Waals surface area contributed by atoms with Crippen LogP contribution in [0.5, 0.6) is 0 Å². The first kappa shape index (κ1) is 14.7. The van der Waals surface area contributed by atoms with Gasteiger partial charge in [-0.2, -0.15) is 0 Å². The van der Waals surface area contributed by atoms with E-state index in [1.54, 1.807) is 12.1 Å². The summed E-state index contributed by atoms with van der Waals surface area (Å²) in [6.45, 7) is 2.52. The Morgan fingerprint density at radius 1 is 1.14 bits per heavy atom. The molecule has 3 rings (SSSR count). The second-order valence-corrected chi connectivity index (χ2v) is 6.24. The highest BCUT2D eigenvalue weighted by molar-refractivity contribution is 7.21. The van der Waals surface area contributed by atoms with E-state index < -0.39 is 0 Å². The Morgan fingerprint density at radius 3 is 2.59 bits per heavy atom. The molecule has 0 unspecified atom stereocenters. The number of carbonyl (C=O) groups is 1. The smallest absolute Gasteiger partial charge is 0.261 e. The number of hydrogen-bond acceptors (Lipinski definition) is 2. The van der Waals surface area contributed by atoms with Crippen LogP contribution >= 0.6 is 11.3 Å². The fourth-order valence-electron chi connectivity index (χ4n) is 2.44. The minimum Gasteiger partial charge on any atom is -0.351 e. The number of aryl methyl sites for hydroxylation is 1. The average Bonchev–Trinajstić information content (AvgIpc) is 2.87. The number of benzene rings is 2. The van der Waals surface area contributed by atoms with Gasteiger partial charge in [-0.1, -0.05) is 30.3 Å². The van der Waals surface area contributed by atoms with Crippen molar-refractivity contribution in [3.63, 3.8) is 0 Å². The third-order valence-electron chi connectivity index (χ3n) is 3.66. The third kappa shape index (κ3) is 3.02. The van der Waals surface area contributed by atoms with Crippen molar-refractivity contribution >= 4 is 27.3 Å². The summed E-state index contributed by atoms with van der Waals surface area (Å²) in [7, 11) is 0. The number of hydrogen-bond donors (Lipinski definition) is 1. The van der Waals surface area contributed by atoms with Gasteiger partial charge in [0.15, 0.2) is 0 Å². The zero-order valence-electron chi connectivity index (χ0n) is 12.2. The van der Waals surface area contributed by atoms with Gasteiger partial charge in [-0.05, 0) is 48.1 Å². The van der Waals surface area contributed by atoms with Gasteiger partial charge in [0, 0.05) is 11.2 Å². The van der Waals surface area contributed by atoms with Crippen molar-refractivity contribution in [2.45, 2.75) is 13.3 Å². The molecule has 0 atom stereocenters. The highest BCUT2D eigenvalue weighted by Gasteiger charge is 2.14. The summed E-state index contributed by atoms with van der Waals surface area (Å²) < 4.78 is 14.0. The molecule has 2 nitrogen and oxygen atoms in total. The molecule has 0 aliphatic heterocycles.